The minimum absolute atomic E-state index is 0.0501. The second kappa shape index (κ2) is 8.60. The van der Waals surface area contributed by atoms with Gasteiger partial charge in [0.25, 0.3) is 0 Å². The van der Waals surface area contributed by atoms with Crippen molar-refractivity contribution in [1.82, 2.24) is 14.5 Å². The van der Waals surface area contributed by atoms with Crippen LogP contribution >= 0.6 is 35.0 Å². The lowest BCUT2D eigenvalue weighted by molar-refractivity contribution is -0.127. The van der Waals surface area contributed by atoms with E-state index in [1.54, 1.807) is 19.0 Å². The number of imidazole rings is 1. The fourth-order valence-electron chi connectivity index (χ4n) is 2.90. The minimum atomic E-state index is -0.243. The Morgan fingerprint density at radius 2 is 1.50 bits per heavy atom. The van der Waals surface area contributed by atoms with Crippen LogP contribution < -0.4 is 0 Å². The lowest BCUT2D eigenvalue weighted by Gasteiger charge is -2.16. The molecule has 4 nitrogen and oxygen atoms in total. The highest BCUT2D eigenvalue weighted by molar-refractivity contribution is 8.00. The van der Waals surface area contributed by atoms with Crippen LogP contribution in [0.1, 0.15) is 6.92 Å². The van der Waals surface area contributed by atoms with Gasteiger partial charge in [0.1, 0.15) is 0 Å². The maximum absolute atomic E-state index is 12.3. The Bertz CT molecular complexity index is 982. The molecule has 0 aliphatic heterocycles. The monoisotopic (exact) mass is 433 g/mol. The number of nitrogens with zero attached hydrogens (tertiary/aromatic N) is 3. The molecule has 0 saturated heterocycles. The molecule has 0 N–H and O–H groups in total. The SMILES string of the molecule is CC(Sc1nc(-c2ccc(Cl)cc2)c(-c2ccc(Cl)cc2)n1C)C(=O)N(C)C. The van der Waals surface area contributed by atoms with Gasteiger partial charge in [0, 0.05) is 42.3 Å². The zero-order valence-corrected chi connectivity index (χ0v) is 18.4. The lowest BCUT2D eigenvalue weighted by Crippen LogP contribution is -2.29. The summed E-state index contributed by atoms with van der Waals surface area (Å²) in [6.45, 7) is 1.89. The summed E-state index contributed by atoms with van der Waals surface area (Å²) in [7, 11) is 5.48. The molecule has 2 aromatic carbocycles. The van der Waals surface area contributed by atoms with E-state index in [2.05, 4.69) is 0 Å². The topological polar surface area (TPSA) is 38.1 Å². The van der Waals surface area contributed by atoms with Gasteiger partial charge in [-0.1, -0.05) is 59.2 Å². The molecule has 0 saturated carbocycles. The van der Waals surface area contributed by atoms with Crippen LogP contribution in [0.5, 0.6) is 0 Å². The quantitative estimate of drug-likeness (QED) is 0.489. The third kappa shape index (κ3) is 4.37. The average Bonchev–Trinajstić information content (AvgIpc) is 2.98. The maximum atomic E-state index is 12.3. The standard InChI is InChI=1S/C21H21Cl2N3OS/c1-13(20(27)25(2)3)28-21-24-18(14-5-9-16(22)10-6-14)19(26(21)4)15-7-11-17(23)12-8-15/h5-13H,1-4H3. The van der Waals surface area contributed by atoms with Gasteiger partial charge < -0.3 is 9.47 Å². The normalized spacial score (nSPS) is 12.1. The first-order valence-corrected chi connectivity index (χ1v) is 10.4. The number of carbonyl (C=O) groups is 1. The number of hydrogen-bond acceptors (Lipinski definition) is 3. The summed E-state index contributed by atoms with van der Waals surface area (Å²) < 4.78 is 2.03. The largest absolute Gasteiger partial charge is 0.348 e. The third-order valence-electron chi connectivity index (χ3n) is 4.36. The first-order valence-electron chi connectivity index (χ1n) is 8.74. The van der Waals surface area contributed by atoms with Gasteiger partial charge in [-0.15, -0.1) is 0 Å². The summed E-state index contributed by atoms with van der Waals surface area (Å²) in [4.78, 5) is 18.8. The summed E-state index contributed by atoms with van der Waals surface area (Å²) in [6, 6.07) is 15.3. The molecule has 0 aliphatic rings. The van der Waals surface area contributed by atoms with E-state index in [4.69, 9.17) is 28.2 Å². The average molecular weight is 434 g/mol. The van der Waals surface area contributed by atoms with E-state index in [0.29, 0.717) is 10.0 Å². The molecule has 3 aromatic rings. The highest BCUT2D eigenvalue weighted by Crippen LogP contribution is 2.37. The van der Waals surface area contributed by atoms with Crippen LogP contribution in [-0.4, -0.2) is 39.7 Å². The molecular weight excluding hydrogens is 413 g/mol. The molecule has 3 rings (SSSR count). The van der Waals surface area contributed by atoms with E-state index >= 15 is 0 Å². The third-order valence-corrected chi connectivity index (χ3v) is 6.00. The van der Waals surface area contributed by atoms with Crippen molar-refractivity contribution in [3.63, 3.8) is 0 Å². The van der Waals surface area contributed by atoms with Gasteiger partial charge in [0.05, 0.1) is 16.6 Å². The second-order valence-corrected chi connectivity index (χ2v) is 8.84. The fraction of sp³-hybridized carbons (Fsp3) is 0.238. The van der Waals surface area contributed by atoms with Crippen molar-refractivity contribution >= 4 is 40.9 Å². The summed E-state index contributed by atoms with van der Waals surface area (Å²) in [5, 5.41) is 1.89. The number of hydrogen-bond donors (Lipinski definition) is 0. The number of rotatable bonds is 5. The van der Waals surface area contributed by atoms with Crippen LogP contribution in [-0.2, 0) is 11.8 Å². The fourth-order valence-corrected chi connectivity index (χ4v) is 4.18. The van der Waals surface area contributed by atoms with Crippen LogP contribution in [0.2, 0.25) is 10.0 Å². The van der Waals surface area contributed by atoms with Crippen molar-refractivity contribution in [2.75, 3.05) is 14.1 Å². The van der Waals surface area contributed by atoms with Gasteiger partial charge >= 0.3 is 0 Å². The van der Waals surface area contributed by atoms with E-state index in [1.165, 1.54) is 11.8 Å². The Morgan fingerprint density at radius 1 is 1.00 bits per heavy atom. The predicted octanol–water partition coefficient (Wildman–Crippen LogP) is 5.63. The van der Waals surface area contributed by atoms with E-state index in [-0.39, 0.29) is 11.2 Å². The zero-order chi connectivity index (χ0) is 20.4. The van der Waals surface area contributed by atoms with Crippen molar-refractivity contribution in [2.45, 2.75) is 17.3 Å². The van der Waals surface area contributed by atoms with Gasteiger partial charge in [0.15, 0.2) is 5.16 Å². The Balaban J connectivity index is 2.10. The van der Waals surface area contributed by atoms with Crippen molar-refractivity contribution in [3.05, 3.63) is 58.6 Å². The number of carbonyl (C=O) groups excluding carboxylic acids is 1. The molecular formula is C21H21Cl2N3OS. The summed E-state index contributed by atoms with van der Waals surface area (Å²) in [6.07, 6.45) is 0. The smallest absolute Gasteiger partial charge is 0.235 e. The molecule has 1 unspecified atom stereocenters. The molecule has 0 spiro atoms. The molecule has 1 aromatic heterocycles. The minimum Gasteiger partial charge on any atom is -0.348 e. The summed E-state index contributed by atoms with van der Waals surface area (Å²) >= 11 is 13.6. The van der Waals surface area contributed by atoms with Crippen LogP contribution in [0, 0.1) is 0 Å². The molecule has 1 heterocycles. The van der Waals surface area contributed by atoms with Crippen molar-refractivity contribution in [2.24, 2.45) is 7.05 Å². The van der Waals surface area contributed by atoms with Gasteiger partial charge in [-0.25, -0.2) is 4.98 Å². The number of halogens is 2. The molecule has 0 aliphatic carbocycles. The number of thioether (sulfide) groups is 1. The molecule has 0 radical (unpaired) electrons. The Kier molecular flexibility index (Phi) is 6.38. The molecule has 0 bridgehead atoms. The Labute approximate surface area is 179 Å². The molecule has 0 fully saturated rings. The van der Waals surface area contributed by atoms with Crippen LogP contribution in [0.3, 0.4) is 0 Å². The second-order valence-electron chi connectivity index (χ2n) is 6.66. The van der Waals surface area contributed by atoms with Crippen LogP contribution in [0.4, 0.5) is 0 Å². The van der Waals surface area contributed by atoms with E-state index in [1.807, 2.05) is 67.1 Å². The Hall–Kier alpha value is -1.95. The predicted molar refractivity (Wildman–Crippen MR) is 118 cm³/mol. The summed E-state index contributed by atoms with van der Waals surface area (Å²) in [5.41, 5.74) is 3.77. The van der Waals surface area contributed by atoms with Gasteiger partial charge in [0.2, 0.25) is 5.91 Å². The van der Waals surface area contributed by atoms with Crippen molar-refractivity contribution in [3.8, 4) is 22.5 Å². The molecule has 1 amide bonds. The molecule has 146 valence electrons. The van der Waals surface area contributed by atoms with Gasteiger partial charge in [-0.2, -0.15) is 0 Å². The van der Waals surface area contributed by atoms with E-state index in [9.17, 15) is 4.79 Å². The number of amides is 1. The maximum Gasteiger partial charge on any atom is 0.235 e. The summed E-state index contributed by atoms with van der Waals surface area (Å²) in [5.74, 6) is 0.0501. The molecule has 7 heteroatoms. The molecule has 1 atom stereocenters. The molecule has 28 heavy (non-hydrogen) atoms. The zero-order valence-electron chi connectivity index (χ0n) is 16.1. The first kappa shape index (κ1) is 20.8. The van der Waals surface area contributed by atoms with Gasteiger partial charge in [-0.3, -0.25) is 4.79 Å². The van der Waals surface area contributed by atoms with Gasteiger partial charge in [-0.05, 0) is 31.2 Å². The van der Waals surface area contributed by atoms with E-state index < -0.39 is 0 Å². The Morgan fingerprint density at radius 3 is 2.00 bits per heavy atom. The van der Waals surface area contributed by atoms with Crippen molar-refractivity contribution in [1.29, 1.82) is 0 Å². The number of aromatic nitrogens is 2. The highest BCUT2D eigenvalue weighted by Gasteiger charge is 2.23. The lowest BCUT2D eigenvalue weighted by atomic mass is 10.0. The van der Waals surface area contributed by atoms with E-state index in [0.717, 1.165) is 27.7 Å². The highest BCUT2D eigenvalue weighted by atomic mass is 35.5. The van der Waals surface area contributed by atoms with Crippen LogP contribution in [0.15, 0.2) is 53.7 Å². The number of benzene rings is 2. The van der Waals surface area contributed by atoms with Crippen molar-refractivity contribution < 1.29 is 4.79 Å². The van der Waals surface area contributed by atoms with Crippen LogP contribution in [0.25, 0.3) is 22.5 Å². The first-order chi connectivity index (χ1) is 13.3.